The fourth-order valence-electron chi connectivity index (χ4n) is 3.03. The Morgan fingerprint density at radius 2 is 1.93 bits per heavy atom. The summed E-state index contributed by atoms with van der Waals surface area (Å²) in [7, 11) is 0. The van der Waals surface area contributed by atoms with Crippen LogP contribution in [0.15, 0.2) is 61.2 Å². The van der Waals surface area contributed by atoms with Crippen molar-refractivity contribution in [1.29, 1.82) is 0 Å². The first-order valence-electron chi connectivity index (χ1n) is 9.22. The van der Waals surface area contributed by atoms with Crippen molar-refractivity contribution < 1.29 is 9.59 Å². The second-order valence-corrected chi connectivity index (χ2v) is 8.07. The number of hydrogen-bond acceptors (Lipinski definition) is 5. The largest absolute Gasteiger partial charge is 0.348 e. The molecule has 152 valence electrons. The van der Waals surface area contributed by atoms with Gasteiger partial charge in [0.1, 0.15) is 17.5 Å². The Labute approximate surface area is 181 Å². The normalized spacial score (nSPS) is 11.9. The average Bonchev–Trinajstić information content (AvgIpc) is 3.41. The summed E-state index contributed by atoms with van der Waals surface area (Å²) < 4.78 is 2.59. The molecule has 4 rings (SSSR count). The van der Waals surface area contributed by atoms with Crippen LogP contribution in [0.3, 0.4) is 0 Å². The summed E-state index contributed by atoms with van der Waals surface area (Å²) >= 11 is 7.63. The third-order valence-electron chi connectivity index (χ3n) is 4.60. The number of nitrogens with zero attached hydrogens (tertiary/aromatic N) is 3. The molecule has 0 radical (unpaired) electrons. The Morgan fingerprint density at radius 1 is 1.17 bits per heavy atom. The fourth-order valence-corrected chi connectivity index (χ4v) is 4.47. The van der Waals surface area contributed by atoms with E-state index in [-0.39, 0.29) is 24.4 Å². The number of hydrogen-bond donors (Lipinski definition) is 2. The monoisotopic (exact) mass is 439 g/mol. The van der Waals surface area contributed by atoms with Crippen molar-refractivity contribution in [2.45, 2.75) is 13.0 Å². The Balaban J connectivity index is 1.33. The van der Waals surface area contributed by atoms with Crippen LogP contribution in [0.4, 0.5) is 0 Å². The Hall–Kier alpha value is -3.23. The smallest absolute Gasteiger partial charge is 0.263 e. The van der Waals surface area contributed by atoms with Gasteiger partial charge in [-0.3, -0.25) is 9.59 Å². The molecule has 0 saturated heterocycles. The summed E-state index contributed by atoms with van der Waals surface area (Å²) in [5.41, 5.74) is 1.81. The number of rotatable bonds is 6. The number of thiophene rings is 1. The zero-order valence-electron chi connectivity index (χ0n) is 16.0. The van der Waals surface area contributed by atoms with Crippen molar-refractivity contribution in [3.05, 3.63) is 76.6 Å². The quantitative estimate of drug-likeness (QED) is 0.479. The van der Waals surface area contributed by atoms with E-state index < -0.39 is 0 Å². The number of amides is 2. The lowest BCUT2D eigenvalue weighted by Gasteiger charge is -2.15. The van der Waals surface area contributed by atoms with Gasteiger partial charge >= 0.3 is 0 Å². The van der Waals surface area contributed by atoms with Crippen molar-refractivity contribution in [3.63, 3.8) is 0 Å². The molecule has 7 nitrogen and oxygen atoms in total. The summed E-state index contributed by atoms with van der Waals surface area (Å²) in [6, 6.07) is 15.0. The van der Waals surface area contributed by atoms with Crippen molar-refractivity contribution in [2.24, 2.45) is 0 Å². The SMILES string of the molecule is CC(NC(=O)CNC(=O)c1sc2ccccc2c1Cl)c1ccc(-n2cncn2)cc1. The molecule has 1 unspecified atom stereocenters. The van der Waals surface area contributed by atoms with E-state index >= 15 is 0 Å². The second-order valence-electron chi connectivity index (χ2n) is 6.64. The predicted octanol–water partition coefficient (Wildman–Crippen LogP) is 3.74. The zero-order chi connectivity index (χ0) is 21.1. The first kappa shape index (κ1) is 20.1. The molecule has 0 fully saturated rings. The summed E-state index contributed by atoms with van der Waals surface area (Å²) in [5, 5.41) is 10.9. The molecule has 0 aliphatic heterocycles. The van der Waals surface area contributed by atoms with E-state index in [0.29, 0.717) is 9.90 Å². The molecule has 0 aliphatic rings. The van der Waals surface area contributed by atoms with Crippen LogP contribution in [0.2, 0.25) is 5.02 Å². The van der Waals surface area contributed by atoms with Gasteiger partial charge in [-0.25, -0.2) is 9.67 Å². The molecule has 0 aliphatic carbocycles. The molecule has 2 heterocycles. The highest BCUT2D eigenvalue weighted by atomic mass is 35.5. The molecule has 0 saturated carbocycles. The molecule has 1 atom stereocenters. The standard InChI is InChI=1S/C21H18ClN5O2S/c1-13(14-6-8-15(9-7-14)27-12-23-11-25-27)26-18(28)10-24-21(29)20-19(22)16-4-2-3-5-17(16)30-20/h2-9,11-13H,10H2,1H3,(H,24,29)(H,26,28). The van der Waals surface area contributed by atoms with Gasteiger partial charge in [0, 0.05) is 10.1 Å². The molecule has 2 N–H and O–H groups in total. The van der Waals surface area contributed by atoms with Gasteiger partial charge in [-0.1, -0.05) is 41.9 Å². The molecule has 2 aromatic heterocycles. The fraction of sp³-hybridized carbons (Fsp3) is 0.143. The van der Waals surface area contributed by atoms with Crippen molar-refractivity contribution in [1.82, 2.24) is 25.4 Å². The molecule has 2 aromatic carbocycles. The van der Waals surface area contributed by atoms with Gasteiger partial charge in [-0.15, -0.1) is 11.3 Å². The van der Waals surface area contributed by atoms with Crippen LogP contribution in [-0.2, 0) is 4.79 Å². The van der Waals surface area contributed by atoms with Crippen LogP contribution in [-0.4, -0.2) is 33.1 Å². The summed E-state index contributed by atoms with van der Waals surface area (Å²) in [5.74, 6) is -0.644. The molecule has 4 aromatic rings. The van der Waals surface area contributed by atoms with Gasteiger partial charge in [0.25, 0.3) is 5.91 Å². The maximum Gasteiger partial charge on any atom is 0.263 e. The summed E-state index contributed by atoms with van der Waals surface area (Å²) in [4.78, 5) is 29.1. The van der Waals surface area contributed by atoms with Gasteiger partial charge < -0.3 is 10.6 Å². The molecule has 2 amide bonds. The minimum Gasteiger partial charge on any atom is -0.348 e. The highest BCUT2D eigenvalue weighted by molar-refractivity contribution is 7.21. The Morgan fingerprint density at radius 3 is 2.63 bits per heavy atom. The van der Waals surface area contributed by atoms with Crippen LogP contribution >= 0.6 is 22.9 Å². The third-order valence-corrected chi connectivity index (χ3v) is 6.28. The molecule has 0 bridgehead atoms. The predicted molar refractivity (Wildman–Crippen MR) is 117 cm³/mol. The minimum absolute atomic E-state index is 0.134. The van der Waals surface area contributed by atoms with Crippen LogP contribution in [0.5, 0.6) is 0 Å². The van der Waals surface area contributed by atoms with E-state index in [1.807, 2.05) is 55.5 Å². The van der Waals surface area contributed by atoms with E-state index in [1.54, 1.807) is 11.0 Å². The third kappa shape index (κ3) is 4.19. The van der Waals surface area contributed by atoms with E-state index in [4.69, 9.17) is 11.6 Å². The number of nitrogens with one attached hydrogen (secondary N) is 2. The number of carbonyl (C=O) groups excluding carboxylic acids is 2. The highest BCUT2D eigenvalue weighted by Gasteiger charge is 2.18. The van der Waals surface area contributed by atoms with Crippen LogP contribution in [0, 0.1) is 0 Å². The first-order valence-corrected chi connectivity index (χ1v) is 10.4. The van der Waals surface area contributed by atoms with Gasteiger partial charge in [0.2, 0.25) is 5.91 Å². The molecule has 30 heavy (non-hydrogen) atoms. The number of benzene rings is 2. The maximum absolute atomic E-state index is 12.5. The van der Waals surface area contributed by atoms with Crippen molar-refractivity contribution in [3.8, 4) is 5.69 Å². The van der Waals surface area contributed by atoms with Gasteiger partial charge in [-0.05, 0) is 30.7 Å². The average molecular weight is 440 g/mol. The lowest BCUT2D eigenvalue weighted by atomic mass is 10.1. The lowest BCUT2D eigenvalue weighted by molar-refractivity contribution is -0.120. The molecule has 9 heteroatoms. The molecule has 0 spiro atoms. The van der Waals surface area contributed by atoms with Crippen molar-refractivity contribution >= 4 is 44.8 Å². The van der Waals surface area contributed by atoms with Crippen LogP contribution < -0.4 is 10.6 Å². The highest BCUT2D eigenvalue weighted by Crippen LogP contribution is 2.34. The first-order chi connectivity index (χ1) is 14.5. The van der Waals surface area contributed by atoms with E-state index in [1.165, 1.54) is 17.7 Å². The van der Waals surface area contributed by atoms with E-state index in [0.717, 1.165) is 21.3 Å². The second kappa shape index (κ2) is 8.64. The van der Waals surface area contributed by atoms with Gasteiger partial charge in [0.05, 0.1) is 23.3 Å². The maximum atomic E-state index is 12.5. The topological polar surface area (TPSA) is 88.9 Å². The number of halogens is 1. The van der Waals surface area contributed by atoms with Crippen LogP contribution in [0.25, 0.3) is 15.8 Å². The zero-order valence-corrected chi connectivity index (χ0v) is 17.6. The number of carbonyl (C=O) groups is 2. The van der Waals surface area contributed by atoms with Gasteiger partial charge in [0.15, 0.2) is 0 Å². The summed E-state index contributed by atoms with van der Waals surface area (Å²) in [6.45, 7) is 1.75. The molecular weight excluding hydrogens is 422 g/mol. The van der Waals surface area contributed by atoms with E-state index in [9.17, 15) is 9.59 Å². The Kier molecular flexibility index (Phi) is 5.78. The lowest BCUT2D eigenvalue weighted by Crippen LogP contribution is -2.37. The Bertz CT molecular complexity index is 1190. The number of fused-ring (bicyclic) bond motifs is 1. The summed E-state index contributed by atoms with van der Waals surface area (Å²) in [6.07, 6.45) is 3.09. The minimum atomic E-state index is -0.360. The van der Waals surface area contributed by atoms with E-state index in [2.05, 4.69) is 20.7 Å². The van der Waals surface area contributed by atoms with Crippen LogP contribution in [0.1, 0.15) is 28.2 Å². The van der Waals surface area contributed by atoms with Crippen molar-refractivity contribution in [2.75, 3.05) is 6.54 Å². The number of aromatic nitrogens is 3. The van der Waals surface area contributed by atoms with Gasteiger partial charge in [-0.2, -0.15) is 5.10 Å². The molecular formula is C21H18ClN5O2S.